The molecule has 8 heteroatoms. The van der Waals surface area contributed by atoms with Crippen LogP contribution in [0.1, 0.15) is 55.4 Å². The third kappa shape index (κ3) is 4.48. The summed E-state index contributed by atoms with van der Waals surface area (Å²) < 4.78 is 10.4. The molecule has 5 rings (SSSR count). The van der Waals surface area contributed by atoms with Gasteiger partial charge < -0.3 is 14.5 Å². The lowest BCUT2D eigenvalue weighted by Crippen LogP contribution is -2.31. The summed E-state index contributed by atoms with van der Waals surface area (Å²) in [6.07, 6.45) is 1.46. The Labute approximate surface area is 206 Å². The summed E-state index contributed by atoms with van der Waals surface area (Å²) in [6, 6.07) is 21.0. The first-order valence-corrected chi connectivity index (χ1v) is 11.4. The summed E-state index contributed by atoms with van der Waals surface area (Å²) in [5, 5.41) is 4.99. The number of furan rings is 1. The van der Waals surface area contributed by atoms with Crippen molar-refractivity contribution < 1.29 is 28.3 Å². The van der Waals surface area contributed by atoms with Crippen molar-refractivity contribution in [3.05, 3.63) is 107 Å². The van der Waals surface area contributed by atoms with Gasteiger partial charge in [-0.05, 0) is 59.7 Å². The molecule has 0 fully saturated rings. The van der Waals surface area contributed by atoms with E-state index in [0.29, 0.717) is 5.76 Å². The van der Waals surface area contributed by atoms with E-state index in [-0.39, 0.29) is 29.3 Å². The maximum Gasteiger partial charge on any atom is 0.338 e. The zero-order valence-electron chi connectivity index (χ0n) is 19.4. The van der Waals surface area contributed by atoms with Crippen LogP contribution < -0.4 is 5.32 Å². The molecule has 0 radical (unpaired) electrons. The van der Waals surface area contributed by atoms with Crippen LogP contribution in [-0.2, 0) is 16.1 Å². The highest BCUT2D eigenvalue weighted by molar-refractivity contribution is 6.21. The smallest absolute Gasteiger partial charge is 0.338 e. The van der Waals surface area contributed by atoms with Crippen LogP contribution in [0.15, 0.2) is 83.5 Å². The van der Waals surface area contributed by atoms with Crippen molar-refractivity contribution in [3.8, 4) is 0 Å². The molecule has 36 heavy (non-hydrogen) atoms. The number of esters is 1. The lowest BCUT2D eigenvalue weighted by Gasteiger charge is -2.15. The predicted molar refractivity (Wildman–Crippen MR) is 130 cm³/mol. The third-order valence-electron chi connectivity index (χ3n) is 6.09. The van der Waals surface area contributed by atoms with Crippen molar-refractivity contribution in [3.63, 3.8) is 0 Å². The average molecular weight is 482 g/mol. The summed E-state index contributed by atoms with van der Waals surface area (Å²) in [7, 11) is 0. The summed E-state index contributed by atoms with van der Waals surface area (Å²) in [5.74, 6) is -1.75. The van der Waals surface area contributed by atoms with Gasteiger partial charge >= 0.3 is 5.97 Å². The third-order valence-corrected chi connectivity index (χ3v) is 6.09. The molecule has 3 amide bonds. The quantitative estimate of drug-likeness (QED) is 0.312. The SMILES string of the molecule is CC(NC(=O)COC(=O)c1ccc2c(c1)C(=O)N(Cc1ccco1)C2=O)c1ccc2ccccc2c1. The zero-order chi connectivity index (χ0) is 25.2. The van der Waals surface area contributed by atoms with Gasteiger partial charge in [-0.1, -0.05) is 36.4 Å². The average Bonchev–Trinajstić information content (AvgIpc) is 3.49. The van der Waals surface area contributed by atoms with Crippen LogP contribution in [0.4, 0.5) is 0 Å². The van der Waals surface area contributed by atoms with E-state index >= 15 is 0 Å². The van der Waals surface area contributed by atoms with Crippen molar-refractivity contribution in [1.82, 2.24) is 10.2 Å². The van der Waals surface area contributed by atoms with Gasteiger partial charge in [0.1, 0.15) is 5.76 Å². The first kappa shape index (κ1) is 23.0. The molecular weight excluding hydrogens is 460 g/mol. The van der Waals surface area contributed by atoms with Gasteiger partial charge in [-0.25, -0.2) is 4.79 Å². The number of hydrogen-bond acceptors (Lipinski definition) is 6. The molecule has 1 unspecified atom stereocenters. The predicted octanol–water partition coefficient (Wildman–Crippen LogP) is 4.26. The van der Waals surface area contributed by atoms with Gasteiger partial charge in [-0.2, -0.15) is 0 Å². The molecule has 2 heterocycles. The Kier molecular flexibility index (Phi) is 6.08. The monoisotopic (exact) mass is 482 g/mol. The van der Waals surface area contributed by atoms with E-state index in [1.165, 1.54) is 24.5 Å². The molecule has 0 saturated carbocycles. The van der Waals surface area contributed by atoms with Crippen LogP contribution in [0, 0.1) is 0 Å². The van der Waals surface area contributed by atoms with Crippen LogP contribution in [-0.4, -0.2) is 35.2 Å². The molecule has 180 valence electrons. The molecule has 8 nitrogen and oxygen atoms in total. The number of carbonyl (C=O) groups is 4. The van der Waals surface area contributed by atoms with E-state index in [2.05, 4.69) is 5.32 Å². The van der Waals surface area contributed by atoms with Gasteiger partial charge in [0.25, 0.3) is 17.7 Å². The van der Waals surface area contributed by atoms with Crippen LogP contribution in [0.5, 0.6) is 0 Å². The molecule has 1 aliphatic heterocycles. The molecule has 1 atom stereocenters. The Morgan fingerprint density at radius 2 is 1.69 bits per heavy atom. The second-order valence-electron chi connectivity index (χ2n) is 8.51. The van der Waals surface area contributed by atoms with Crippen LogP contribution >= 0.6 is 0 Å². The molecule has 1 N–H and O–H groups in total. The maximum absolute atomic E-state index is 12.8. The highest BCUT2D eigenvalue weighted by atomic mass is 16.5. The van der Waals surface area contributed by atoms with Gasteiger partial charge in [-0.3, -0.25) is 19.3 Å². The van der Waals surface area contributed by atoms with Gasteiger partial charge in [0.15, 0.2) is 6.61 Å². The number of amides is 3. The van der Waals surface area contributed by atoms with Crippen LogP contribution in [0.25, 0.3) is 10.8 Å². The molecule has 0 saturated heterocycles. The van der Waals surface area contributed by atoms with Gasteiger partial charge in [0, 0.05) is 0 Å². The fourth-order valence-corrected chi connectivity index (χ4v) is 4.18. The Balaban J connectivity index is 1.20. The molecule has 4 aromatic rings. The van der Waals surface area contributed by atoms with Crippen molar-refractivity contribution in [2.24, 2.45) is 0 Å². The fraction of sp³-hybridized carbons (Fsp3) is 0.143. The lowest BCUT2D eigenvalue weighted by atomic mass is 10.0. The molecule has 1 aromatic heterocycles. The highest BCUT2D eigenvalue weighted by Gasteiger charge is 2.36. The first-order chi connectivity index (χ1) is 17.4. The Hall–Kier alpha value is -4.72. The van der Waals surface area contributed by atoms with Crippen molar-refractivity contribution in [2.45, 2.75) is 19.5 Å². The molecule has 1 aliphatic rings. The lowest BCUT2D eigenvalue weighted by molar-refractivity contribution is -0.124. The van der Waals surface area contributed by atoms with E-state index in [1.807, 2.05) is 49.4 Å². The van der Waals surface area contributed by atoms with Crippen LogP contribution in [0.3, 0.4) is 0 Å². The number of rotatable bonds is 7. The van der Waals surface area contributed by atoms with E-state index in [0.717, 1.165) is 21.2 Å². The van der Waals surface area contributed by atoms with Gasteiger partial charge in [0.2, 0.25) is 0 Å². The number of carbonyl (C=O) groups excluding carboxylic acids is 4. The number of fused-ring (bicyclic) bond motifs is 2. The zero-order valence-corrected chi connectivity index (χ0v) is 19.4. The topological polar surface area (TPSA) is 106 Å². The first-order valence-electron chi connectivity index (χ1n) is 11.4. The number of benzene rings is 3. The number of nitrogens with one attached hydrogen (secondary N) is 1. The Morgan fingerprint density at radius 3 is 2.47 bits per heavy atom. The number of nitrogens with zero attached hydrogens (tertiary/aromatic N) is 1. The minimum atomic E-state index is -0.768. The second kappa shape index (κ2) is 9.50. The second-order valence-corrected chi connectivity index (χ2v) is 8.51. The number of imide groups is 1. The van der Waals surface area contributed by atoms with Gasteiger partial charge in [0.05, 0.1) is 35.5 Å². The molecule has 0 aliphatic carbocycles. The normalized spacial score (nSPS) is 13.5. The minimum Gasteiger partial charge on any atom is -0.467 e. The summed E-state index contributed by atoms with van der Waals surface area (Å²) >= 11 is 0. The van der Waals surface area contributed by atoms with Gasteiger partial charge in [-0.15, -0.1) is 0 Å². The van der Waals surface area contributed by atoms with E-state index in [4.69, 9.17) is 9.15 Å². The standard InChI is InChI=1S/C28H22N2O6/c1-17(19-9-8-18-5-2-3-6-20(18)13-19)29-25(31)16-36-28(34)21-10-11-23-24(14-21)27(33)30(26(23)32)15-22-7-4-12-35-22/h2-14,17H,15-16H2,1H3,(H,29,31). The summed E-state index contributed by atoms with van der Waals surface area (Å²) in [6.45, 7) is 1.36. The van der Waals surface area contributed by atoms with Crippen molar-refractivity contribution in [1.29, 1.82) is 0 Å². The molecular formula is C28H22N2O6. The largest absolute Gasteiger partial charge is 0.467 e. The minimum absolute atomic E-state index is 0.00527. The number of hydrogen-bond donors (Lipinski definition) is 1. The molecule has 0 bridgehead atoms. The fourth-order valence-electron chi connectivity index (χ4n) is 4.18. The Bertz CT molecular complexity index is 1490. The maximum atomic E-state index is 12.8. The number of ether oxygens (including phenoxy) is 1. The van der Waals surface area contributed by atoms with Crippen molar-refractivity contribution >= 4 is 34.5 Å². The highest BCUT2D eigenvalue weighted by Crippen LogP contribution is 2.26. The Morgan fingerprint density at radius 1 is 0.917 bits per heavy atom. The van der Waals surface area contributed by atoms with E-state index < -0.39 is 30.3 Å². The molecule has 0 spiro atoms. The summed E-state index contributed by atoms with van der Waals surface area (Å²) in [4.78, 5) is 51.4. The van der Waals surface area contributed by atoms with Crippen LogP contribution in [0.2, 0.25) is 0 Å². The molecule has 3 aromatic carbocycles. The van der Waals surface area contributed by atoms with E-state index in [9.17, 15) is 19.2 Å². The summed E-state index contributed by atoms with van der Waals surface area (Å²) in [5.41, 5.74) is 1.31. The van der Waals surface area contributed by atoms with E-state index in [1.54, 1.807) is 12.1 Å². The van der Waals surface area contributed by atoms with Crippen molar-refractivity contribution in [2.75, 3.05) is 6.61 Å².